The summed E-state index contributed by atoms with van der Waals surface area (Å²) < 4.78 is 0. The van der Waals surface area contributed by atoms with Crippen LogP contribution in [-0.2, 0) is 0 Å². The average Bonchev–Trinajstić information content (AvgIpc) is 1.87. The minimum absolute atomic E-state index is 0.0378. The topological polar surface area (TPSA) is 43.1 Å². The molecule has 0 aromatic carbocycles. The normalized spacial score (nSPS) is 8.10. The minimum Gasteiger partial charge on any atom is -0.265 e. The lowest BCUT2D eigenvalue weighted by atomic mass is 10.7. The standard InChI is InChI=1S/C6H9NO2S/c1-2-3-5-10-6-4-7(8)9/h4-6H2,1H3. The van der Waals surface area contributed by atoms with E-state index in [4.69, 9.17) is 0 Å². The molecular weight excluding hydrogens is 150 g/mol. The van der Waals surface area contributed by atoms with E-state index < -0.39 is 0 Å². The van der Waals surface area contributed by atoms with Gasteiger partial charge < -0.3 is 0 Å². The monoisotopic (exact) mass is 159 g/mol. The zero-order valence-electron chi connectivity index (χ0n) is 5.79. The summed E-state index contributed by atoms with van der Waals surface area (Å²) in [6.07, 6.45) is 0. The SMILES string of the molecule is CC#CCSCC[N+](=O)[O-]. The van der Waals surface area contributed by atoms with Crippen molar-refractivity contribution in [2.24, 2.45) is 0 Å². The van der Waals surface area contributed by atoms with Gasteiger partial charge in [-0.05, 0) is 6.92 Å². The molecule has 0 N–H and O–H groups in total. The molecule has 56 valence electrons. The van der Waals surface area contributed by atoms with E-state index >= 15 is 0 Å². The highest BCUT2D eigenvalue weighted by molar-refractivity contribution is 7.99. The van der Waals surface area contributed by atoms with Gasteiger partial charge in [0.2, 0.25) is 6.54 Å². The highest BCUT2D eigenvalue weighted by Crippen LogP contribution is 1.96. The molecule has 3 nitrogen and oxygen atoms in total. The highest BCUT2D eigenvalue weighted by atomic mass is 32.2. The zero-order chi connectivity index (χ0) is 7.82. The number of hydrogen-bond donors (Lipinski definition) is 0. The molecule has 0 aliphatic carbocycles. The van der Waals surface area contributed by atoms with Crippen LogP contribution < -0.4 is 0 Å². The Hall–Kier alpha value is -0.690. The van der Waals surface area contributed by atoms with Gasteiger partial charge in [0.25, 0.3) is 0 Å². The van der Waals surface area contributed by atoms with Gasteiger partial charge in [0.1, 0.15) is 0 Å². The van der Waals surface area contributed by atoms with E-state index in [1.807, 2.05) is 0 Å². The van der Waals surface area contributed by atoms with Gasteiger partial charge in [-0.3, -0.25) is 10.1 Å². The van der Waals surface area contributed by atoms with Crippen LogP contribution in [0.25, 0.3) is 0 Å². The van der Waals surface area contributed by atoms with Crippen molar-refractivity contribution in [3.63, 3.8) is 0 Å². The van der Waals surface area contributed by atoms with Crippen molar-refractivity contribution in [3.05, 3.63) is 10.1 Å². The number of rotatable bonds is 4. The lowest BCUT2D eigenvalue weighted by Gasteiger charge is -1.89. The third-order valence-corrected chi connectivity index (χ3v) is 1.59. The second kappa shape index (κ2) is 6.43. The smallest absolute Gasteiger partial charge is 0.212 e. The van der Waals surface area contributed by atoms with Crippen LogP contribution in [-0.4, -0.2) is 23.0 Å². The summed E-state index contributed by atoms with van der Waals surface area (Å²) in [5.74, 6) is 6.78. The van der Waals surface area contributed by atoms with Crippen LogP contribution in [0.5, 0.6) is 0 Å². The average molecular weight is 159 g/mol. The van der Waals surface area contributed by atoms with E-state index in [0.29, 0.717) is 11.5 Å². The van der Waals surface area contributed by atoms with Crippen molar-refractivity contribution in [1.29, 1.82) is 0 Å². The van der Waals surface area contributed by atoms with Gasteiger partial charge >= 0.3 is 0 Å². The van der Waals surface area contributed by atoms with Crippen LogP contribution in [0.4, 0.5) is 0 Å². The Morgan fingerprint density at radius 2 is 2.40 bits per heavy atom. The second-order valence-corrected chi connectivity index (χ2v) is 2.64. The molecule has 0 radical (unpaired) electrons. The van der Waals surface area contributed by atoms with Crippen molar-refractivity contribution in [2.75, 3.05) is 18.1 Å². The molecule has 4 heteroatoms. The zero-order valence-corrected chi connectivity index (χ0v) is 6.61. The fourth-order valence-electron chi connectivity index (χ4n) is 0.334. The number of nitro groups is 1. The lowest BCUT2D eigenvalue weighted by molar-refractivity contribution is -0.474. The van der Waals surface area contributed by atoms with Crippen LogP contribution in [0.2, 0.25) is 0 Å². The summed E-state index contributed by atoms with van der Waals surface area (Å²) in [7, 11) is 0. The predicted octanol–water partition coefficient (Wildman–Crippen LogP) is 1.02. The van der Waals surface area contributed by atoms with Gasteiger partial charge in [-0.25, -0.2) is 0 Å². The van der Waals surface area contributed by atoms with Crippen molar-refractivity contribution < 1.29 is 4.92 Å². The van der Waals surface area contributed by atoms with E-state index in [1.165, 1.54) is 11.8 Å². The van der Waals surface area contributed by atoms with Crippen molar-refractivity contribution in [1.82, 2.24) is 0 Å². The van der Waals surface area contributed by atoms with Crippen LogP contribution in [0.1, 0.15) is 6.92 Å². The fraction of sp³-hybridized carbons (Fsp3) is 0.667. The minimum atomic E-state index is -0.313. The largest absolute Gasteiger partial charge is 0.265 e. The van der Waals surface area contributed by atoms with Crippen LogP contribution in [0, 0.1) is 22.0 Å². The molecule has 0 atom stereocenters. The molecule has 0 aliphatic heterocycles. The quantitative estimate of drug-likeness (QED) is 0.266. The molecular formula is C6H9NO2S. The van der Waals surface area contributed by atoms with Gasteiger partial charge in [-0.15, -0.1) is 17.7 Å². The van der Waals surface area contributed by atoms with Gasteiger partial charge in [0, 0.05) is 4.92 Å². The summed E-state index contributed by atoms with van der Waals surface area (Å²) in [5.41, 5.74) is 0. The van der Waals surface area contributed by atoms with E-state index in [9.17, 15) is 10.1 Å². The first-order valence-corrected chi connectivity index (χ1v) is 4.02. The molecule has 0 amide bonds. The first-order chi connectivity index (χ1) is 4.77. The summed E-state index contributed by atoms with van der Waals surface area (Å²) in [6.45, 7) is 1.80. The highest BCUT2D eigenvalue weighted by Gasteiger charge is 1.93. The molecule has 10 heavy (non-hydrogen) atoms. The van der Waals surface area contributed by atoms with Gasteiger partial charge in [-0.2, -0.15) is 0 Å². The fourth-order valence-corrected chi connectivity index (χ4v) is 1.00. The van der Waals surface area contributed by atoms with Crippen molar-refractivity contribution in [2.45, 2.75) is 6.92 Å². The molecule has 0 rings (SSSR count). The molecule has 0 fully saturated rings. The summed E-state index contributed by atoms with van der Waals surface area (Å²) >= 11 is 1.49. The van der Waals surface area contributed by atoms with Crippen LogP contribution in [0.3, 0.4) is 0 Å². The number of hydrogen-bond acceptors (Lipinski definition) is 3. The number of thioether (sulfide) groups is 1. The molecule has 0 aromatic heterocycles. The molecule has 0 bridgehead atoms. The third kappa shape index (κ3) is 7.31. The Bertz CT molecular complexity index is 159. The molecule has 0 heterocycles. The lowest BCUT2D eigenvalue weighted by Crippen LogP contribution is -2.02. The molecule has 0 aliphatic rings. The summed E-state index contributed by atoms with van der Waals surface area (Å²) in [5, 5.41) is 9.79. The molecule has 0 saturated heterocycles. The maximum Gasteiger partial charge on any atom is 0.212 e. The Labute approximate surface area is 64.3 Å². The first-order valence-electron chi connectivity index (χ1n) is 2.86. The van der Waals surface area contributed by atoms with E-state index in [0.717, 1.165) is 0 Å². The maximum absolute atomic E-state index is 9.79. The van der Waals surface area contributed by atoms with E-state index in [-0.39, 0.29) is 11.5 Å². The van der Waals surface area contributed by atoms with Gasteiger partial charge in [-0.1, -0.05) is 5.92 Å². The van der Waals surface area contributed by atoms with Gasteiger partial charge in [0.05, 0.1) is 11.5 Å². The first kappa shape index (κ1) is 9.31. The second-order valence-electron chi connectivity index (χ2n) is 1.54. The third-order valence-electron chi connectivity index (χ3n) is 0.769. The van der Waals surface area contributed by atoms with Crippen molar-refractivity contribution >= 4 is 11.8 Å². The summed E-state index contributed by atoms with van der Waals surface area (Å²) in [4.78, 5) is 9.48. The summed E-state index contributed by atoms with van der Waals surface area (Å²) in [6, 6.07) is 0. The van der Waals surface area contributed by atoms with E-state index in [2.05, 4.69) is 11.8 Å². The Kier molecular flexibility index (Phi) is 5.99. The molecule has 0 aromatic rings. The Morgan fingerprint density at radius 3 is 2.90 bits per heavy atom. The maximum atomic E-state index is 9.79. The molecule has 0 saturated carbocycles. The van der Waals surface area contributed by atoms with Crippen LogP contribution in [0.15, 0.2) is 0 Å². The number of nitrogens with zero attached hydrogens (tertiary/aromatic N) is 1. The van der Waals surface area contributed by atoms with E-state index in [1.54, 1.807) is 6.92 Å². The van der Waals surface area contributed by atoms with Crippen molar-refractivity contribution in [3.8, 4) is 11.8 Å². The van der Waals surface area contributed by atoms with Gasteiger partial charge in [0.15, 0.2) is 0 Å². The predicted molar refractivity (Wildman–Crippen MR) is 42.6 cm³/mol. The molecule has 0 unspecified atom stereocenters. The Balaban J connectivity index is 3.03. The Morgan fingerprint density at radius 1 is 1.70 bits per heavy atom. The van der Waals surface area contributed by atoms with Crippen LogP contribution >= 0.6 is 11.8 Å². The molecule has 0 spiro atoms.